The van der Waals surface area contributed by atoms with Gasteiger partial charge in [0.15, 0.2) is 5.16 Å². The van der Waals surface area contributed by atoms with E-state index in [0.717, 1.165) is 0 Å². The number of fused-ring (bicyclic) bond motifs is 1. The van der Waals surface area contributed by atoms with E-state index in [9.17, 15) is 9.59 Å². The molecule has 2 rings (SSSR count). The highest BCUT2D eigenvalue weighted by Gasteiger charge is 2.15. The largest absolute Gasteiger partial charge is 0.383 e. The van der Waals surface area contributed by atoms with Gasteiger partial charge in [-0.05, 0) is 31.0 Å². The zero-order valence-corrected chi connectivity index (χ0v) is 17.0. The number of carbonyl (C=O) groups is 1. The monoisotopic (exact) mass is 397 g/mol. The number of hydrogen-bond acceptors (Lipinski definition) is 5. The minimum Gasteiger partial charge on any atom is -0.383 e. The molecule has 2 aromatic rings. The molecule has 6 nitrogen and oxygen atoms in total. The van der Waals surface area contributed by atoms with E-state index in [4.69, 9.17) is 16.3 Å². The zero-order chi connectivity index (χ0) is 19.3. The predicted octanol–water partition coefficient (Wildman–Crippen LogP) is 2.95. The number of nitrogens with zero attached hydrogens (tertiary/aromatic N) is 2. The van der Waals surface area contributed by atoms with Gasteiger partial charge in [0, 0.05) is 18.2 Å². The highest BCUT2D eigenvalue weighted by atomic mass is 35.5. The Kier molecular flexibility index (Phi) is 7.49. The lowest BCUT2D eigenvalue weighted by Crippen LogP contribution is -2.37. The fourth-order valence-corrected chi connectivity index (χ4v) is 3.26. The summed E-state index contributed by atoms with van der Waals surface area (Å²) in [5.41, 5.74) is 0.358. The van der Waals surface area contributed by atoms with Gasteiger partial charge >= 0.3 is 0 Å². The van der Waals surface area contributed by atoms with Crippen molar-refractivity contribution in [1.29, 1.82) is 0 Å². The van der Waals surface area contributed by atoms with Crippen molar-refractivity contribution in [3.63, 3.8) is 0 Å². The Morgan fingerprint density at radius 1 is 1.38 bits per heavy atom. The van der Waals surface area contributed by atoms with Crippen molar-refractivity contribution in [3.8, 4) is 0 Å². The second-order valence-corrected chi connectivity index (χ2v) is 7.77. The van der Waals surface area contributed by atoms with Crippen LogP contribution in [0, 0.1) is 5.92 Å². The first-order valence-electron chi connectivity index (χ1n) is 8.44. The number of hydrogen-bond donors (Lipinski definition) is 1. The van der Waals surface area contributed by atoms with Crippen LogP contribution < -0.4 is 10.9 Å². The van der Waals surface area contributed by atoms with Gasteiger partial charge in [-0.3, -0.25) is 14.2 Å². The number of methoxy groups -OCH3 is 1. The predicted molar refractivity (Wildman–Crippen MR) is 106 cm³/mol. The van der Waals surface area contributed by atoms with E-state index in [1.54, 1.807) is 29.9 Å². The average Bonchev–Trinajstić information content (AvgIpc) is 2.58. The molecule has 1 aromatic heterocycles. The summed E-state index contributed by atoms with van der Waals surface area (Å²) in [4.78, 5) is 29.5. The van der Waals surface area contributed by atoms with Gasteiger partial charge < -0.3 is 10.1 Å². The average molecular weight is 398 g/mol. The third kappa shape index (κ3) is 5.22. The van der Waals surface area contributed by atoms with E-state index in [-0.39, 0.29) is 23.3 Å². The van der Waals surface area contributed by atoms with E-state index >= 15 is 0 Å². The smallest absolute Gasteiger partial charge is 0.262 e. The van der Waals surface area contributed by atoms with Crippen LogP contribution in [-0.2, 0) is 16.1 Å². The maximum atomic E-state index is 12.8. The Morgan fingerprint density at radius 2 is 2.12 bits per heavy atom. The van der Waals surface area contributed by atoms with Crippen LogP contribution in [-0.4, -0.2) is 41.0 Å². The summed E-state index contributed by atoms with van der Waals surface area (Å²) in [7, 11) is 1.58. The van der Waals surface area contributed by atoms with Crippen LogP contribution >= 0.6 is 23.4 Å². The Hall–Kier alpha value is -1.57. The van der Waals surface area contributed by atoms with Gasteiger partial charge in [0.25, 0.3) is 5.56 Å². The lowest BCUT2D eigenvalue weighted by atomic mass is 10.1. The van der Waals surface area contributed by atoms with Crippen molar-refractivity contribution in [3.05, 3.63) is 33.6 Å². The molecule has 8 heteroatoms. The van der Waals surface area contributed by atoms with Gasteiger partial charge in [-0.1, -0.05) is 37.2 Å². The quantitative estimate of drug-likeness (QED) is 0.547. The molecule has 0 aliphatic carbocycles. The third-order valence-electron chi connectivity index (χ3n) is 4.12. The molecule has 1 amide bonds. The molecule has 1 atom stereocenters. The molecule has 0 spiro atoms. The second-order valence-electron chi connectivity index (χ2n) is 6.39. The summed E-state index contributed by atoms with van der Waals surface area (Å²) >= 11 is 7.26. The molecule has 0 bridgehead atoms. The lowest BCUT2D eigenvalue weighted by molar-refractivity contribution is -0.119. The minimum atomic E-state index is -0.165. The van der Waals surface area contributed by atoms with Crippen molar-refractivity contribution in [1.82, 2.24) is 14.9 Å². The van der Waals surface area contributed by atoms with Gasteiger partial charge in [0.05, 0.1) is 29.8 Å². The molecular formula is C18H24ClN3O3S. The van der Waals surface area contributed by atoms with Crippen LogP contribution in [0.15, 0.2) is 28.2 Å². The normalized spacial score (nSPS) is 12.5. The number of thioether (sulfide) groups is 1. The number of benzene rings is 1. The number of ether oxygens (including phenoxy) is 1. The summed E-state index contributed by atoms with van der Waals surface area (Å²) in [6.45, 7) is 6.82. The fourth-order valence-electron chi connectivity index (χ4n) is 2.26. The first kappa shape index (κ1) is 20.7. The first-order chi connectivity index (χ1) is 12.3. The lowest BCUT2D eigenvalue weighted by Gasteiger charge is -2.17. The molecule has 26 heavy (non-hydrogen) atoms. The van der Waals surface area contributed by atoms with Crippen molar-refractivity contribution in [2.75, 3.05) is 19.5 Å². The van der Waals surface area contributed by atoms with Gasteiger partial charge in [0.2, 0.25) is 5.91 Å². The molecule has 1 unspecified atom stereocenters. The van der Waals surface area contributed by atoms with Crippen molar-refractivity contribution in [2.24, 2.45) is 5.92 Å². The summed E-state index contributed by atoms with van der Waals surface area (Å²) < 4.78 is 6.64. The summed E-state index contributed by atoms with van der Waals surface area (Å²) in [5, 5.41) is 4.44. The molecule has 0 saturated carbocycles. The highest BCUT2D eigenvalue weighted by Crippen LogP contribution is 2.20. The van der Waals surface area contributed by atoms with Crippen molar-refractivity contribution >= 4 is 40.2 Å². The third-order valence-corrected chi connectivity index (χ3v) is 5.33. The van der Waals surface area contributed by atoms with Crippen LogP contribution in [0.5, 0.6) is 0 Å². The number of rotatable bonds is 8. The number of amides is 1. The van der Waals surface area contributed by atoms with Crippen LogP contribution in [0.1, 0.15) is 20.8 Å². The van der Waals surface area contributed by atoms with Crippen LogP contribution in [0.2, 0.25) is 5.02 Å². The molecule has 1 heterocycles. The standard InChI is InChI=1S/C18H24ClN3O3S/c1-11(2)12(3)20-16(23)10-26-18-21-15-9-13(19)5-6-14(15)17(24)22(18)7-8-25-4/h5-6,9,11-12H,7-8,10H2,1-4H3,(H,20,23). The maximum Gasteiger partial charge on any atom is 0.262 e. The van der Waals surface area contributed by atoms with Gasteiger partial charge in [-0.25, -0.2) is 4.98 Å². The molecule has 0 fully saturated rings. The maximum absolute atomic E-state index is 12.8. The van der Waals surface area contributed by atoms with E-state index in [2.05, 4.69) is 24.1 Å². The minimum absolute atomic E-state index is 0.0853. The molecule has 1 N–H and O–H groups in total. The van der Waals surface area contributed by atoms with Gasteiger partial charge in [-0.15, -0.1) is 0 Å². The number of aromatic nitrogens is 2. The Bertz CT molecular complexity index is 838. The Morgan fingerprint density at radius 3 is 2.77 bits per heavy atom. The fraction of sp³-hybridized carbons (Fsp3) is 0.500. The SMILES string of the molecule is COCCn1c(SCC(=O)NC(C)C(C)C)nc2cc(Cl)ccc2c1=O. The summed E-state index contributed by atoms with van der Waals surface area (Å²) in [6.07, 6.45) is 0. The number of carbonyl (C=O) groups excluding carboxylic acids is 1. The summed E-state index contributed by atoms with van der Waals surface area (Å²) in [5.74, 6) is 0.447. The van der Waals surface area contributed by atoms with Crippen molar-refractivity contribution in [2.45, 2.75) is 38.5 Å². The molecule has 0 aliphatic rings. The zero-order valence-electron chi connectivity index (χ0n) is 15.4. The van der Waals surface area contributed by atoms with Crippen LogP contribution in [0.3, 0.4) is 0 Å². The number of halogens is 1. The molecule has 1 aromatic carbocycles. The molecule has 142 valence electrons. The van der Waals surface area contributed by atoms with E-state index < -0.39 is 0 Å². The topological polar surface area (TPSA) is 73.2 Å². The highest BCUT2D eigenvalue weighted by molar-refractivity contribution is 7.99. The summed E-state index contributed by atoms with van der Waals surface area (Å²) in [6, 6.07) is 5.08. The van der Waals surface area contributed by atoms with E-state index in [1.807, 2.05) is 6.92 Å². The van der Waals surface area contributed by atoms with Crippen LogP contribution in [0.25, 0.3) is 10.9 Å². The molecular weight excluding hydrogens is 374 g/mol. The number of nitrogens with one attached hydrogen (secondary N) is 1. The van der Waals surface area contributed by atoms with E-state index in [1.165, 1.54) is 11.8 Å². The van der Waals surface area contributed by atoms with Gasteiger partial charge in [-0.2, -0.15) is 0 Å². The van der Waals surface area contributed by atoms with Crippen LogP contribution in [0.4, 0.5) is 0 Å². The van der Waals surface area contributed by atoms with Crippen molar-refractivity contribution < 1.29 is 9.53 Å². The first-order valence-corrected chi connectivity index (χ1v) is 9.81. The molecule has 0 radical (unpaired) electrons. The Balaban J connectivity index is 2.28. The second kappa shape index (κ2) is 9.39. The Labute approximate surface area is 162 Å². The molecule has 0 aliphatic heterocycles. The van der Waals surface area contributed by atoms with E-state index in [0.29, 0.717) is 40.2 Å². The van der Waals surface area contributed by atoms with Gasteiger partial charge in [0.1, 0.15) is 0 Å². The molecule has 0 saturated heterocycles.